The van der Waals surface area contributed by atoms with E-state index in [1.165, 1.54) is 29.2 Å². The standard InChI is InChI=1S/C19H18FN5O2S2/c20-14-5-2-1-4-13(14)6-9-21-18(27)15-11-28-17(25-15)10-24-16(26)12-29-19-22-7-3-8-23-19/h1-5,7-8,11H,6,9-10,12H2,(H,21,27)(H,24,26). The van der Waals surface area contributed by atoms with E-state index in [1.54, 1.807) is 42.0 Å². The van der Waals surface area contributed by atoms with Crippen molar-refractivity contribution in [3.05, 3.63) is 70.2 Å². The zero-order valence-electron chi connectivity index (χ0n) is 15.3. The second-order valence-corrected chi connectivity index (χ2v) is 7.71. The van der Waals surface area contributed by atoms with Gasteiger partial charge in [0.1, 0.15) is 16.5 Å². The lowest BCUT2D eigenvalue weighted by atomic mass is 10.1. The molecule has 0 saturated carbocycles. The minimum atomic E-state index is -0.327. The Bertz CT molecular complexity index is 968. The second kappa shape index (κ2) is 10.6. The fourth-order valence-electron chi connectivity index (χ4n) is 2.31. The average Bonchev–Trinajstić information content (AvgIpc) is 3.22. The van der Waals surface area contributed by atoms with Gasteiger partial charge in [0, 0.05) is 24.3 Å². The minimum Gasteiger partial charge on any atom is -0.350 e. The number of nitrogens with zero attached hydrogens (tertiary/aromatic N) is 3. The van der Waals surface area contributed by atoms with Crippen molar-refractivity contribution in [2.24, 2.45) is 0 Å². The number of halogens is 1. The Balaban J connectivity index is 1.39. The van der Waals surface area contributed by atoms with Crippen molar-refractivity contribution in [3.8, 4) is 0 Å². The fraction of sp³-hybridized carbons (Fsp3) is 0.211. The van der Waals surface area contributed by atoms with Gasteiger partial charge in [-0.25, -0.2) is 19.3 Å². The normalized spacial score (nSPS) is 10.5. The fourth-order valence-corrected chi connectivity index (χ4v) is 3.66. The van der Waals surface area contributed by atoms with Crippen LogP contribution in [0, 0.1) is 5.82 Å². The van der Waals surface area contributed by atoms with Gasteiger partial charge >= 0.3 is 0 Å². The van der Waals surface area contributed by atoms with Crippen LogP contribution in [-0.2, 0) is 17.8 Å². The first kappa shape index (κ1) is 20.9. The number of thioether (sulfide) groups is 1. The summed E-state index contributed by atoms with van der Waals surface area (Å²) in [5.41, 5.74) is 0.827. The topological polar surface area (TPSA) is 96.9 Å². The van der Waals surface area contributed by atoms with Crippen molar-refractivity contribution < 1.29 is 14.0 Å². The molecule has 29 heavy (non-hydrogen) atoms. The summed E-state index contributed by atoms with van der Waals surface area (Å²) >= 11 is 2.53. The number of carbonyl (C=O) groups is 2. The predicted octanol–water partition coefficient (Wildman–Crippen LogP) is 2.45. The number of nitrogens with one attached hydrogen (secondary N) is 2. The molecule has 3 rings (SSSR count). The number of rotatable bonds is 9. The summed E-state index contributed by atoms with van der Waals surface area (Å²) in [6.07, 6.45) is 3.63. The molecule has 0 aliphatic carbocycles. The van der Waals surface area contributed by atoms with E-state index in [0.717, 1.165) is 0 Å². The third-order valence-electron chi connectivity index (χ3n) is 3.73. The van der Waals surface area contributed by atoms with E-state index in [1.807, 2.05) is 0 Å². The van der Waals surface area contributed by atoms with Crippen LogP contribution in [-0.4, -0.2) is 39.1 Å². The lowest BCUT2D eigenvalue weighted by Crippen LogP contribution is -2.27. The van der Waals surface area contributed by atoms with E-state index >= 15 is 0 Å². The van der Waals surface area contributed by atoms with Gasteiger partial charge in [-0.2, -0.15) is 0 Å². The molecule has 150 valence electrons. The van der Waals surface area contributed by atoms with Crippen LogP contribution in [0.15, 0.2) is 53.3 Å². The number of hydrogen-bond donors (Lipinski definition) is 2. The van der Waals surface area contributed by atoms with E-state index in [-0.39, 0.29) is 35.6 Å². The third kappa shape index (κ3) is 6.61. The highest BCUT2D eigenvalue weighted by molar-refractivity contribution is 7.99. The van der Waals surface area contributed by atoms with Crippen LogP contribution in [0.3, 0.4) is 0 Å². The molecule has 0 aliphatic heterocycles. The predicted molar refractivity (Wildman–Crippen MR) is 109 cm³/mol. The maximum atomic E-state index is 13.6. The quantitative estimate of drug-likeness (QED) is 0.399. The number of carbonyl (C=O) groups excluding carboxylic acids is 2. The molecule has 0 radical (unpaired) electrons. The molecular formula is C19H18FN5O2S2. The Morgan fingerprint density at radius 3 is 2.69 bits per heavy atom. The molecule has 2 N–H and O–H groups in total. The summed E-state index contributed by atoms with van der Waals surface area (Å²) in [5.74, 6) is -0.593. The van der Waals surface area contributed by atoms with Gasteiger partial charge in [0.25, 0.3) is 5.91 Å². The Morgan fingerprint density at radius 2 is 1.90 bits per heavy atom. The van der Waals surface area contributed by atoms with E-state index in [9.17, 15) is 14.0 Å². The number of thiazole rings is 1. The number of hydrogen-bond acceptors (Lipinski definition) is 7. The monoisotopic (exact) mass is 431 g/mol. The smallest absolute Gasteiger partial charge is 0.270 e. The number of aromatic nitrogens is 3. The molecule has 2 aromatic heterocycles. The lowest BCUT2D eigenvalue weighted by molar-refractivity contribution is -0.118. The average molecular weight is 432 g/mol. The van der Waals surface area contributed by atoms with E-state index in [0.29, 0.717) is 28.7 Å². The lowest BCUT2D eigenvalue weighted by Gasteiger charge is -2.04. The molecule has 2 amide bonds. The Morgan fingerprint density at radius 1 is 1.10 bits per heavy atom. The van der Waals surface area contributed by atoms with Crippen molar-refractivity contribution in [1.82, 2.24) is 25.6 Å². The molecule has 0 spiro atoms. The summed E-state index contributed by atoms with van der Waals surface area (Å²) in [7, 11) is 0. The van der Waals surface area contributed by atoms with Crippen molar-refractivity contribution >= 4 is 34.9 Å². The molecule has 0 unspecified atom stereocenters. The molecule has 10 heteroatoms. The summed E-state index contributed by atoms with van der Waals surface area (Å²) in [5, 5.41) is 8.27. The zero-order valence-corrected chi connectivity index (χ0v) is 16.9. The van der Waals surface area contributed by atoms with Gasteiger partial charge in [-0.15, -0.1) is 11.3 Å². The summed E-state index contributed by atoms with van der Waals surface area (Å²) in [6, 6.07) is 8.17. The largest absolute Gasteiger partial charge is 0.350 e. The van der Waals surface area contributed by atoms with E-state index in [4.69, 9.17) is 0 Å². The van der Waals surface area contributed by atoms with Crippen molar-refractivity contribution in [2.45, 2.75) is 18.1 Å². The van der Waals surface area contributed by atoms with E-state index in [2.05, 4.69) is 25.6 Å². The van der Waals surface area contributed by atoms with Gasteiger partial charge in [0.15, 0.2) is 5.16 Å². The van der Waals surface area contributed by atoms with Crippen LogP contribution in [0.1, 0.15) is 21.1 Å². The highest BCUT2D eigenvalue weighted by atomic mass is 32.2. The highest BCUT2D eigenvalue weighted by Gasteiger charge is 2.12. The van der Waals surface area contributed by atoms with Crippen LogP contribution >= 0.6 is 23.1 Å². The molecule has 0 fully saturated rings. The van der Waals surface area contributed by atoms with Crippen molar-refractivity contribution in [1.29, 1.82) is 0 Å². The maximum Gasteiger partial charge on any atom is 0.270 e. The first-order valence-corrected chi connectivity index (χ1v) is 10.6. The first-order chi connectivity index (χ1) is 14.1. The second-order valence-electron chi connectivity index (χ2n) is 5.82. The van der Waals surface area contributed by atoms with Gasteiger partial charge in [-0.1, -0.05) is 30.0 Å². The Labute approximate surface area is 175 Å². The minimum absolute atomic E-state index is 0.173. The van der Waals surface area contributed by atoms with Crippen molar-refractivity contribution in [2.75, 3.05) is 12.3 Å². The van der Waals surface area contributed by atoms with Crippen LogP contribution < -0.4 is 10.6 Å². The zero-order chi connectivity index (χ0) is 20.5. The Kier molecular flexibility index (Phi) is 7.65. The van der Waals surface area contributed by atoms with Gasteiger partial charge in [0.05, 0.1) is 12.3 Å². The van der Waals surface area contributed by atoms with Crippen molar-refractivity contribution in [3.63, 3.8) is 0 Å². The Hall–Kier alpha value is -2.85. The highest BCUT2D eigenvalue weighted by Crippen LogP contribution is 2.12. The molecule has 0 bridgehead atoms. The molecule has 2 heterocycles. The number of amides is 2. The van der Waals surface area contributed by atoms with Crippen LogP contribution in [0.4, 0.5) is 4.39 Å². The molecule has 7 nitrogen and oxygen atoms in total. The SMILES string of the molecule is O=C(CSc1ncccn1)NCc1nc(C(=O)NCCc2ccccc2F)cs1. The van der Waals surface area contributed by atoms with Gasteiger partial charge < -0.3 is 10.6 Å². The molecule has 3 aromatic rings. The van der Waals surface area contributed by atoms with Gasteiger partial charge in [-0.05, 0) is 24.1 Å². The molecule has 0 saturated heterocycles. The molecular weight excluding hydrogens is 413 g/mol. The van der Waals surface area contributed by atoms with Gasteiger partial charge in [-0.3, -0.25) is 9.59 Å². The van der Waals surface area contributed by atoms with Crippen LogP contribution in [0.25, 0.3) is 0 Å². The maximum absolute atomic E-state index is 13.6. The summed E-state index contributed by atoms with van der Waals surface area (Å²) in [6.45, 7) is 0.546. The molecule has 0 atom stereocenters. The molecule has 1 aromatic carbocycles. The summed E-state index contributed by atoms with van der Waals surface area (Å²) < 4.78 is 13.6. The first-order valence-electron chi connectivity index (χ1n) is 8.74. The summed E-state index contributed by atoms with van der Waals surface area (Å²) in [4.78, 5) is 36.4. The van der Waals surface area contributed by atoms with Gasteiger partial charge in [0.2, 0.25) is 5.91 Å². The van der Waals surface area contributed by atoms with Crippen LogP contribution in [0.2, 0.25) is 0 Å². The third-order valence-corrected chi connectivity index (χ3v) is 5.46. The van der Waals surface area contributed by atoms with Crippen LogP contribution in [0.5, 0.6) is 0 Å². The number of benzene rings is 1. The van der Waals surface area contributed by atoms with E-state index < -0.39 is 0 Å². The molecule has 0 aliphatic rings.